The Bertz CT molecular complexity index is 438. The summed E-state index contributed by atoms with van der Waals surface area (Å²) in [6.07, 6.45) is 23.6. The van der Waals surface area contributed by atoms with Gasteiger partial charge in [-0.25, -0.2) is 0 Å². The number of rotatable bonds is 17. The first-order valence-corrected chi connectivity index (χ1v) is 12.5. The van der Waals surface area contributed by atoms with Gasteiger partial charge in [0.1, 0.15) is 0 Å². The molecule has 0 saturated heterocycles. The van der Waals surface area contributed by atoms with E-state index in [4.69, 9.17) is 0 Å². The van der Waals surface area contributed by atoms with Crippen molar-refractivity contribution in [2.45, 2.75) is 130 Å². The molecule has 0 bridgehead atoms. The lowest BCUT2D eigenvalue weighted by Gasteiger charge is -2.37. The number of carbonyl (C=O) groups is 1. The van der Waals surface area contributed by atoms with Crippen LogP contribution in [0.2, 0.25) is 0 Å². The standard InChI is InChI=1S/C26H49NO/c1-5-7-8-9-10-11-12-13-14-15-16-17-18-19-21-27-22-20-26(3,4)24(23-27)25(28)6-2/h23H,5-22H2,1-4H3. The molecular formula is C26H49NO. The number of nitrogens with zero attached hydrogens (tertiary/aromatic N) is 1. The monoisotopic (exact) mass is 391 g/mol. The van der Waals surface area contributed by atoms with Crippen molar-refractivity contribution in [1.29, 1.82) is 0 Å². The van der Waals surface area contributed by atoms with Crippen LogP contribution in [-0.4, -0.2) is 23.8 Å². The molecule has 0 spiro atoms. The Kier molecular flexibility index (Phi) is 13.6. The van der Waals surface area contributed by atoms with Crippen molar-refractivity contribution in [1.82, 2.24) is 4.90 Å². The number of allylic oxidation sites excluding steroid dienone is 1. The molecule has 1 aliphatic rings. The Morgan fingerprint density at radius 3 is 1.75 bits per heavy atom. The van der Waals surface area contributed by atoms with Crippen molar-refractivity contribution in [2.24, 2.45) is 5.41 Å². The molecule has 0 aromatic carbocycles. The van der Waals surface area contributed by atoms with Crippen LogP contribution in [0.25, 0.3) is 0 Å². The molecule has 0 saturated carbocycles. The Labute approximate surface area is 176 Å². The van der Waals surface area contributed by atoms with E-state index in [2.05, 4.69) is 31.9 Å². The van der Waals surface area contributed by atoms with Crippen LogP contribution in [0.4, 0.5) is 0 Å². The third-order valence-corrected chi connectivity index (χ3v) is 6.49. The van der Waals surface area contributed by atoms with Crippen LogP contribution in [0.5, 0.6) is 0 Å². The van der Waals surface area contributed by atoms with E-state index >= 15 is 0 Å². The van der Waals surface area contributed by atoms with Gasteiger partial charge in [0.05, 0.1) is 0 Å². The SMILES string of the molecule is CCCCCCCCCCCCCCCCN1C=C(C(=O)CC)C(C)(C)CC1. The summed E-state index contributed by atoms with van der Waals surface area (Å²) >= 11 is 0. The molecule has 0 aliphatic carbocycles. The maximum Gasteiger partial charge on any atom is 0.160 e. The summed E-state index contributed by atoms with van der Waals surface area (Å²) in [5.74, 6) is 0.329. The average molecular weight is 392 g/mol. The van der Waals surface area contributed by atoms with E-state index in [1.54, 1.807) is 0 Å². The lowest BCUT2D eigenvalue weighted by molar-refractivity contribution is -0.116. The molecule has 164 valence electrons. The topological polar surface area (TPSA) is 20.3 Å². The summed E-state index contributed by atoms with van der Waals surface area (Å²) in [5.41, 5.74) is 1.10. The summed E-state index contributed by atoms with van der Waals surface area (Å²) in [5, 5.41) is 0. The maximum atomic E-state index is 12.2. The molecule has 28 heavy (non-hydrogen) atoms. The summed E-state index contributed by atoms with van der Waals surface area (Å²) in [6, 6.07) is 0. The second-order valence-corrected chi connectivity index (χ2v) is 9.59. The van der Waals surface area contributed by atoms with Crippen molar-refractivity contribution >= 4 is 5.78 Å². The summed E-state index contributed by atoms with van der Waals surface area (Å²) in [4.78, 5) is 14.6. The highest BCUT2D eigenvalue weighted by Crippen LogP contribution is 2.35. The fraction of sp³-hybridized carbons (Fsp3) is 0.885. The first-order chi connectivity index (χ1) is 13.5. The lowest BCUT2D eigenvalue weighted by Crippen LogP contribution is -2.35. The highest BCUT2D eigenvalue weighted by Gasteiger charge is 2.31. The first-order valence-electron chi connectivity index (χ1n) is 12.5. The molecule has 0 aromatic heterocycles. The van der Waals surface area contributed by atoms with Crippen molar-refractivity contribution < 1.29 is 4.79 Å². The van der Waals surface area contributed by atoms with E-state index in [1.807, 2.05) is 6.92 Å². The molecule has 2 heteroatoms. The third kappa shape index (κ3) is 10.7. The van der Waals surface area contributed by atoms with E-state index in [-0.39, 0.29) is 5.41 Å². The Balaban J connectivity index is 1.99. The number of hydrogen-bond acceptors (Lipinski definition) is 2. The zero-order valence-corrected chi connectivity index (χ0v) is 19.7. The predicted octanol–water partition coefficient (Wildman–Crippen LogP) is 8.06. The number of carbonyl (C=O) groups excluding carboxylic acids is 1. The van der Waals surface area contributed by atoms with Gasteiger partial charge in [-0.05, 0) is 18.3 Å². The van der Waals surface area contributed by atoms with Crippen LogP contribution in [0.15, 0.2) is 11.8 Å². The summed E-state index contributed by atoms with van der Waals surface area (Å²) in [6.45, 7) is 10.9. The van der Waals surface area contributed by atoms with Gasteiger partial charge in [-0.1, -0.05) is 111 Å². The van der Waals surface area contributed by atoms with Crippen molar-refractivity contribution in [2.75, 3.05) is 13.1 Å². The maximum absolute atomic E-state index is 12.2. The van der Waals surface area contributed by atoms with Gasteiger partial charge in [-0.2, -0.15) is 0 Å². The minimum absolute atomic E-state index is 0.0547. The quantitative estimate of drug-likeness (QED) is 0.234. The molecule has 1 heterocycles. The lowest BCUT2D eigenvalue weighted by atomic mass is 9.77. The van der Waals surface area contributed by atoms with Crippen LogP contribution in [0.3, 0.4) is 0 Å². The van der Waals surface area contributed by atoms with Gasteiger partial charge >= 0.3 is 0 Å². The van der Waals surface area contributed by atoms with Gasteiger partial charge in [0.25, 0.3) is 0 Å². The molecule has 1 rings (SSSR count). The third-order valence-electron chi connectivity index (χ3n) is 6.49. The zero-order chi connectivity index (χ0) is 20.7. The van der Waals surface area contributed by atoms with Crippen molar-refractivity contribution in [3.05, 3.63) is 11.8 Å². The van der Waals surface area contributed by atoms with E-state index in [9.17, 15) is 4.79 Å². The van der Waals surface area contributed by atoms with Crippen molar-refractivity contribution in [3.63, 3.8) is 0 Å². The first kappa shape index (κ1) is 25.2. The van der Waals surface area contributed by atoms with Crippen LogP contribution in [-0.2, 0) is 4.79 Å². The molecule has 0 atom stereocenters. The van der Waals surface area contributed by atoms with Gasteiger partial charge in [-0.15, -0.1) is 0 Å². The second kappa shape index (κ2) is 15.1. The fourth-order valence-corrected chi connectivity index (χ4v) is 4.31. The van der Waals surface area contributed by atoms with Gasteiger partial charge in [0, 0.05) is 31.3 Å². The molecule has 0 unspecified atom stereocenters. The molecule has 1 aliphatic heterocycles. The van der Waals surface area contributed by atoms with E-state index in [0.29, 0.717) is 12.2 Å². The van der Waals surface area contributed by atoms with Crippen LogP contribution in [0, 0.1) is 5.41 Å². The van der Waals surface area contributed by atoms with Crippen LogP contribution >= 0.6 is 0 Å². The van der Waals surface area contributed by atoms with Crippen LogP contribution in [0.1, 0.15) is 130 Å². The molecule has 0 N–H and O–H groups in total. The predicted molar refractivity (Wildman–Crippen MR) is 124 cm³/mol. The normalized spacial score (nSPS) is 16.3. The summed E-state index contributed by atoms with van der Waals surface area (Å²) < 4.78 is 0. The Morgan fingerprint density at radius 2 is 1.29 bits per heavy atom. The minimum Gasteiger partial charge on any atom is -0.377 e. The number of Topliss-reactive ketones (excluding diaryl/α,β-unsaturated/α-hetero) is 1. The molecule has 0 radical (unpaired) electrons. The summed E-state index contributed by atoms with van der Waals surface area (Å²) in [7, 11) is 0. The highest BCUT2D eigenvalue weighted by atomic mass is 16.1. The Hall–Kier alpha value is -0.790. The fourth-order valence-electron chi connectivity index (χ4n) is 4.31. The Morgan fingerprint density at radius 1 is 0.821 bits per heavy atom. The number of hydrogen-bond donors (Lipinski definition) is 0. The minimum atomic E-state index is 0.0547. The van der Waals surface area contributed by atoms with E-state index < -0.39 is 0 Å². The smallest absolute Gasteiger partial charge is 0.160 e. The van der Waals surface area contributed by atoms with E-state index in [0.717, 1.165) is 25.1 Å². The van der Waals surface area contributed by atoms with Gasteiger partial charge < -0.3 is 4.90 Å². The molecular weight excluding hydrogens is 342 g/mol. The van der Waals surface area contributed by atoms with E-state index in [1.165, 1.54) is 89.9 Å². The van der Waals surface area contributed by atoms with Crippen LogP contribution < -0.4 is 0 Å². The van der Waals surface area contributed by atoms with Crippen molar-refractivity contribution in [3.8, 4) is 0 Å². The van der Waals surface area contributed by atoms with Gasteiger partial charge in [0.2, 0.25) is 0 Å². The molecule has 0 amide bonds. The average Bonchev–Trinajstić information content (AvgIpc) is 2.68. The second-order valence-electron chi connectivity index (χ2n) is 9.59. The highest BCUT2D eigenvalue weighted by molar-refractivity contribution is 5.96. The van der Waals surface area contributed by atoms with Gasteiger partial charge in [0.15, 0.2) is 5.78 Å². The molecule has 2 nitrogen and oxygen atoms in total. The van der Waals surface area contributed by atoms with Gasteiger partial charge in [-0.3, -0.25) is 4.79 Å². The number of unbranched alkanes of at least 4 members (excludes halogenated alkanes) is 13. The zero-order valence-electron chi connectivity index (χ0n) is 19.7. The molecule has 0 fully saturated rings. The number of ketones is 1. The largest absolute Gasteiger partial charge is 0.377 e. The molecule has 0 aromatic rings.